The van der Waals surface area contributed by atoms with Crippen molar-refractivity contribution in [1.82, 2.24) is 0 Å². The molecule has 0 bridgehead atoms. The Bertz CT molecular complexity index is 633. The van der Waals surface area contributed by atoms with E-state index < -0.39 is 5.97 Å². The van der Waals surface area contributed by atoms with Gasteiger partial charge in [-0.2, -0.15) is 0 Å². The molecule has 0 saturated carbocycles. The van der Waals surface area contributed by atoms with E-state index in [9.17, 15) is 9.90 Å². The number of thiophene rings is 1. The summed E-state index contributed by atoms with van der Waals surface area (Å²) in [7, 11) is 0. The van der Waals surface area contributed by atoms with Crippen molar-refractivity contribution >= 4 is 17.3 Å². The predicted octanol–water partition coefficient (Wildman–Crippen LogP) is 4.63. The quantitative estimate of drug-likeness (QED) is 0.895. The van der Waals surface area contributed by atoms with Gasteiger partial charge in [-0.25, -0.2) is 4.79 Å². The summed E-state index contributed by atoms with van der Waals surface area (Å²) in [4.78, 5) is 12.6. The molecule has 0 atom stereocenters. The summed E-state index contributed by atoms with van der Waals surface area (Å²) in [5.74, 6) is -0.479. The molecular weight excluding hydrogens is 284 g/mol. The molecule has 4 heteroatoms. The second-order valence-corrected chi connectivity index (χ2v) is 7.19. The van der Waals surface area contributed by atoms with Crippen LogP contribution < -0.4 is 4.74 Å². The fourth-order valence-electron chi connectivity index (χ4n) is 1.85. The third-order valence-corrected chi connectivity index (χ3v) is 4.68. The van der Waals surface area contributed by atoms with Crippen molar-refractivity contribution < 1.29 is 14.6 Å². The monoisotopic (exact) mass is 304 g/mol. The van der Waals surface area contributed by atoms with E-state index in [4.69, 9.17) is 4.74 Å². The molecule has 1 aromatic heterocycles. The Morgan fingerprint density at radius 2 is 1.86 bits per heavy atom. The highest BCUT2D eigenvalue weighted by atomic mass is 32.1. The maximum absolute atomic E-state index is 11.3. The molecule has 0 aliphatic heterocycles. The number of aryl methyl sites for hydroxylation is 1. The van der Waals surface area contributed by atoms with Gasteiger partial charge in [-0.3, -0.25) is 0 Å². The Kier molecular flexibility index (Phi) is 4.37. The van der Waals surface area contributed by atoms with E-state index in [0.29, 0.717) is 12.4 Å². The number of benzene rings is 1. The van der Waals surface area contributed by atoms with Crippen molar-refractivity contribution in [2.24, 2.45) is 0 Å². The van der Waals surface area contributed by atoms with Gasteiger partial charge < -0.3 is 9.84 Å². The number of hydrogen-bond acceptors (Lipinski definition) is 3. The van der Waals surface area contributed by atoms with Crippen LogP contribution in [0.15, 0.2) is 30.3 Å². The molecule has 1 N–H and O–H groups in total. The summed E-state index contributed by atoms with van der Waals surface area (Å²) >= 11 is 1.29. The smallest absolute Gasteiger partial charge is 0.349 e. The fraction of sp³-hybridized carbons (Fsp3) is 0.353. The highest BCUT2D eigenvalue weighted by Gasteiger charge is 2.23. The molecule has 0 fully saturated rings. The van der Waals surface area contributed by atoms with Crippen LogP contribution in [0.2, 0.25) is 0 Å². The molecule has 112 valence electrons. The van der Waals surface area contributed by atoms with Crippen molar-refractivity contribution in [3.8, 4) is 5.75 Å². The van der Waals surface area contributed by atoms with Crippen LogP contribution in [-0.4, -0.2) is 11.1 Å². The molecule has 0 radical (unpaired) electrons. The molecule has 0 aliphatic carbocycles. The van der Waals surface area contributed by atoms with Gasteiger partial charge in [0.2, 0.25) is 0 Å². The normalized spacial score (nSPS) is 11.4. The SMILES string of the molecule is Cc1ccc(COc2cc(C(C)(C)C)sc2C(=O)O)cc1. The van der Waals surface area contributed by atoms with Crippen molar-refractivity contribution in [2.45, 2.75) is 39.7 Å². The Hall–Kier alpha value is -1.81. The number of hydrogen-bond donors (Lipinski definition) is 1. The molecule has 0 saturated heterocycles. The average molecular weight is 304 g/mol. The summed E-state index contributed by atoms with van der Waals surface area (Å²) in [5.41, 5.74) is 2.14. The summed E-state index contributed by atoms with van der Waals surface area (Å²) in [6.45, 7) is 8.60. The number of carbonyl (C=O) groups is 1. The van der Waals surface area contributed by atoms with E-state index in [2.05, 4.69) is 20.8 Å². The first-order valence-corrected chi connectivity index (χ1v) is 7.65. The van der Waals surface area contributed by atoms with Crippen LogP contribution in [0.1, 0.15) is 46.4 Å². The van der Waals surface area contributed by atoms with Gasteiger partial charge in [0.25, 0.3) is 0 Å². The Morgan fingerprint density at radius 3 is 2.38 bits per heavy atom. The number of carboxylic acid groups (broad SMARTS) is 1. The van der Waals surface area contributed by atoms with Crippen LogP contribution in [0.3, 0.4) is 0 Å². The van der Waals surface area contributed by atoms with Crippen LogP contribution in [0, 0.1) is 6.92 Å². The Balaban J connectivity index is 2.20. The molecule has 0 unspecified atom stereocenters. The zero-order chi connectivity index (χ0) is 15.6. The van der Waals surface area contributed by atoms with E-state index in [-0.39, 0.29) is 10.3 Å². The lowest BCUT2D eigenvalue weighted by Crippen LogP contribution is -2.08. The molecular formula is C17H20O3S. The number of aromatic carboxylic acids is 1. The minimum Gasteiger partial charge on any atom is -0.487 e. The van der Waals surface area contributed by atoms with E-state index >= 15 is 0 Å². The van der Waals surface area contributed by atoms with Gasteiger partial charge >= 0.3 is 5.97 Å². The average Bonchev–Trinajstić information content (AvgIpc) is 2.82. The highest BCUT2D eigenvalue weighted by Crippen LogP contribution is 2.37. The summed E-state index contributed by atoms with van der Waals surface area (Å²) in [5, 5.41) is 9.31. The molecule has 2 rings (SSSR count). The number of ether oxygens (including phenoxy) is 1. The van der Waals surface area contributed by atoms with E-state index in [0.717, 1.165) is 10.4 Å². The van der Waals surface area contributed by atoms with Gasteiger partial charge in [0.05, 0.1) is 0 Å². The van der Waals surface area contributed by atoms with Gasteiger partial charge in [-0.05, 0) is 24.0 Å². The lowest BCUT2D eigenvalue weighted by Gasteiger charge is -2.15. The minimum atomic E-state index is -0.936. The van der Waals surface area contributed by atoms with Crippen molar-refractivity contribution in [3.05, 3.63) is 51.2 Å². The maximum atomic E-state index is 11.3. The third-order valence-electron chi connectivity index (χ3n) is 3.15. The van der Waals surface area contributed by atoms with Crippen LogP contribution in [-0.2, 0) is 12.0 Å². The van der Waals surface area contributed by atoms with Crippen LogP contribution in [0.25, 0.3) is 0 Å². The van der Waals surface area contributed by atoms with Gasteiger partial charge in [-0.1, -0.05) is 50.6 Å². The second kappa shape index (κ2) is 5.90. The van der Waals surface area contributed by atoms with Gasteiger partial charge in [0, 0.05) is 4.88 Å². The summed E-state index contributed by atoms with van der Waals surface area (Å²) < 4.78 is 5.73. The van der Waals surface area contributed by atoms with Gasteiger partial charge in [0.1, 0.15) is 12.4 Å². The zero-order valence-electron chi connectivity index (χ0n) is 12.8. The Labute approximate surface area is 129 Å². The van der Waals surface area contributed by atoms with Crippen LogP contribution in [0.5, 0.6) is 5.75 Å². The predicted molar refractivity (Wildman–Crippen MR) is 85.5 cm³/mol. The molecule has 1 heterocycles. The molecule has 2 aromatic rings. The largest absolute Gasteiger partial charge is 0.487 e. The van der Waals surface area contributed by atoms with Gasteiger partial charge in [0.15, 0.2) is 4.88 Å². The number of rotatable bonds is 4. The molecule has 0 aliphatic rings. The van der Waals surface area contributed by atoms with Crippen molar-refractivity contribution in [3.63, 3.8) is 0 Å². The van der Waals surface area contributed by atoms with Crippen LogP contribution >= 0.6 is 11.3 Å². The maximum Gasteiger partial charge on any atom is 0.349 e. The lowest BCUT2D eigenvalue weighted by atomic mass is 9.95. The molecule has 0 spiro atoms. The lowest BCUT2D eigenvalue weighted by molar-refractivity contribution is 0.0697. The summed E-state index contributed by atoms with van der Waals surface area (Å²) in [6, 6.07) is 9.87. The van der Waals surface area contributed by atoms with Crippen molar-refractivity contribution in [2.75, 3.05) is 0 Å². The molecule has 0 amide bonds. The standard InChI is InChI=1S/C17H20O3S/c1-11-5-7-12(8-6-11)10-20-13-9-14(17(2,3)4)21-15(13)16(18)19/h5-9H,10H2,1-4H3,(H,18,19). The van der Waals surface area contributed by atoms with Gasteiger partial charge in [-0.15, -0.1) is 11.3 Å². The zero-order valence-corrected chi connectivity index (χ0v) is 13.6. The van der Waals surface area contributed by atoms with E-state index in [1.807, 2.05) is 37.3 Å². The molecule has 1 aromatic carbocycles. The second-order valence-electron chi connectivity index (χ2n) is 6.13. The van der Waals surface area contributed by atoms with E-state index in [1.54, 1.807) is 0 Å². The highest BCUT2D eigenvalue weighted by molar-refractivity contribution is 7.14. The first-order chi connectivity index (χ1) is 9.77. The van der Waals surface area contributed by atoms with E-state index in [1.165, 1.54) is 16.9 Å². The molecule has 21 heavy (non-hydrogen) atoms. The van der Waals surface area contributed by atoms with Crippen LogP contribution in [0.4, 0.5) is 0 Å². The number of carboxylic acids is 1. The third kappa shape index (κ3) is 3.85. The topological polar surface area (TPSA) is 46.5 Å². The Morgan fingerprint density at radius 1 is 1.24 bits per heavy atom. The fourth-order valence-corrected chi connectivity index (χ4v) is 2.84. The molecule has 3 nitrogen and oxygen atoms in total. The summed E-state index contributed by atoms with van der Waals surface area (Å²) in [6.07, 6.45) is 0. The first-order valence-electron chi connectivity index (χ1n) is 6.83. The van der Waals surface area contributed by atoms with Crippen molar-refractivity contribution in [1.29, 1.82) is 0 Å². The minimum absolute atomic E-state index is 0.0830. The first kappa shape index (κ1) is 15.6.